The summed E-state index contributed by atoms with van der Waals surface area (Å²) < 4.78 is 0. The fourth-order valence-electron chi connectivity index (χ4n) is 1.67. The molecule has 2 aromatic carbocycles. The first kappa shape index (κ1) is 12.0. The average Bonchev–Trinajstić information content (AvgIpc) is 2.40. The smallest absolute Gasteiger partial charge is 0.120 e. The largest absolute Gasteiger partial charge is 0.508 e. The van der Waals surface area contributed by atoms with Crippen LogP contribution in [-0.2, 0) is 6.54 Å². The van der Waals surface area contributed by atoms with E-state index in [1.807, 2.05) is 37.3 Å². The molecular weight excluding hydrogens is 224 g/mol. The van der Waals surface area contributed by atoms with E-state index < -0.39 is 0 Å². The van der Waals surface area contributed by atoms with Crippen LogP contribution in [0.15, 0.2) is 42.5 Å². The van der Waals surface area contributed by atoms with Crippen LogP contribution in [0.2, 0.25) is 0 Å². The lowest BCUT2D eigenvalue weighted by Gasteiger charge is -2.08. The van der Waals surface area contributed by atoms with Gasteiger partial charge in [-0.3, -0.25) is 0 Å². The van der Waals surface area contributed by atoms with E-state index >= 15 is 0 Å². The summed E-state index contributed by atoms with van der Waals surface area (Å²) in [5.41, 5.74) is 3.41. The number of benzene rings is 2. The summed E-state index contributed by atoms with van der Waals surface area (Å²) in [5.74, 6) is 0.283. The minimum Gasteiger partial charge on any atom is -0.508 e. The molecule has 0 bridgehead atoms. The van der Waals surface area contributed by atoms with Gasteiger partial charge in [0.15, 0.2) is 0 Å². The number of phenolic OH excluding ortho intramolecular Hbond substituents is 1. The van der Waals surface area contributed by atoms with Gasteiger partial charge < -0.3 is 10.4 Å². The second kappa shape index (κ2) is 5.24. The highest BCUT2D eigenvalue weighted by atomic mass is 16.3. The Morgan fingerprint density at radius 3 is 2.78 bits per heavy atom. The van der Waals surface area contributed by atoms with Crippen LogP contribution in [0.3, 0.4) is 0 Å². The van der Waals surface area contributed by atoms with Gasteiger partial charge in [-0.1, -0.05) is 18.2 Å². The summed E-state index contributed by atoms with van der Waals surface area (Å²) in [6.45, 7) is 2.48. The van der Waals surface area contributed by atoms with Crippen LogP contribution < -0.4 is 5.32 Å². The van der Waals surface area contributed by atoms with Gasteiger partial charge in [0.05, 0.1) is 11.6 Å². The molecule has 0 saturated carbocycles. The maximum Gasteiger partial charge on any atom is 0.120 e. The third-order valence-corrected chi connectivity index (χ3v) is 2.76. The van der Waals surface area contributed by atoms with Gasteiger partial charge in [0.1, 0.15) is 5.75 Å². The molecule has 0 saturated heterocycles. The molecule has 3 heteroatoms. The molecule has 2 rings (SSSR count). The number of hydrogen-bond acceptors (Lipinski definition) is 3. The van der Waals surface area contributed by atoms with Crippen LogP contribution in [0.25, 0.3) is 0 Å². The van der Waals surface area contributed by atoms with Gasteiger partial charge in [-0.15, -0.1) is 0 Å². The second-order valence-corrected chi connectivity index (χ2v) is 4.17. The lowest BCUT2D eigenvalue weighted by molar-refractivity contribution is 0.471. The van der Waals surface area contributed by atoms with E-state index in [2.05, 4.69) is 11.4 Å². The molecule has 0 aliphatic rings. The van der Waals surface area contributed by atoms with Gasteiger partial charge in [-0.2, -0.15) is 5.26 Å². The van der Waals surface area contributed by atoms with E-state index in [0.29, 0.717) is 12.1 Å². The van der Waals surface area contributed by atoms with Crippen molar-refractivity contribution in [2.75, 3.05) is 5.32 Å². The molecule has 18 heavy (non-hydrogen) atoms. The second-order valence-electron chi connectivity index (χ2n) is 4.17. The Balaban J connectivity index is 2.07. The maximum atomic E-state index is 9.60. The summed E-state index contributed by atoms with van der Waals surface area (Å²) in [4.78, 5) is 0. The first-order chi connectivity index (χ1) is 8.69. The zero-order chi connectivity index (χ0) is 13.0. The Hall–Kier alpha value is -2.47. The summed E-state index contributed by atoms with van der Waals surface area (Å²) >= 11 is 0. The first-order valence-corrected chi connectivity index (χ1v) is 5.71. The van der Waals surface area contributed by atoms with E-state index in [1.54, 1.807) is 12.1 Å². The Bertz CT molecular complexity index is 600. The zero-order valence-electron chi connectivity index (χ0n) is 10.1. The number of anilines is 1. The van der Waals surface area contributed by atoms with Crippen LogP contribution in [-0.4, -0.2) is 5.11 Å². The molecule has 0 fully saturated rings. The highest BCUT2D eigenvalue weighted by Gasteiger charge is 1.99. The molecule has 90 valence electrons. The highest BCUT2D eigenvalue weighted by molar-refractivity contribution is 5.51. The standard InChI is InChI=1S/C15H14N2O/c1-11-5-6-14(8-15(11)18)17-10-13-4-2-3-12(7-13)9-16/h2-8,17-18H,10H2,1H3. The van der Waals surface area contributed by atoms with Gasteiger partial charge in [-0.25, -0.2) is 0 Å². The Labute approximate surface area is 106 Å². The summed E-state index contributed by atoms with van der Waals surface area (Å²) in [6, 6.07) is 15.0. The number of nitrogens with zero attached hydrogens (tertiary/aromatic N) is 1. The molecule has 0 atom stereocenters. The van der Waals surface area contributed by atoms with E-state index in [-0.39, 0.29) is 5.75 Å². The molecule has 0 aliphatic carbocycles. The van der Waals surface area contributed by atoms with Crippen molar-refractivity contribution >= 4 is 5.69 Å². The topological polar surface area (TPSA) is 56.0 Å². The molecule has 0 heterocycles. The van der Waals surface area contributed by atoms with Crippen molar-refractivity contribution in [1.82, 2.24) is 0 Å². The van der Waals surface area contributed by atoms with Crippen LogP contribution in [0, 0.1) is 18.3 Å². The molecule has 0 unspecified atom stereocenters. The minimum atomic E-state index is 0.283. The summed E-state index contributed by atoms with van der Waals surface area (Å²) in [7, 11) is 0. The number of aromatic hydroxyl groups is 1. The highest BCUT2D eigenvalue weighted by Crippen LogP contribution is 2.21. The van der Waals surface area contributed by atoms with Crippen molar-refractivity contribution in [3.8, 4) is 11.8 Å². The fourth-order valence-corrected chi connectivity index (χ4v) is 1.67. The lowest BCUT2D eigenvalue weighted by Crippen LogP contribution is -1.99. The van der Waals surface area contributed by atoms with E-state index in [9.17, 15) is 5.11 Å². The fraction of sp³-hybridized carbons (Fsp3) is 0.133. The predicted molar refractivity (Wildman–Crippen MR) is 71.3 cm³/mol. The molecule has 0 aromatic heterocycles. The Morgan fingerprint density at radius 2 is 2.06 bits per heavy atom. The third kappa shape index (κ3) is 2.80. The first-order valence-electron chi connectivity index (χ1n) is 5.71. The van der Waals surface area contributed by atoms with Crippen LogP contribution in [0.4, 0.5) is 5.69 Å². The van der Waals surface area contributed by atoms with Crippen molar-refractivity contribution in [1.29, 1.82) is 5.26 Å². The molecule has 0 spiro atoms. The average molecular weight is 238 g/mol. The summed E-state index contributed by atoms with van der Waals surface area (Å²) in [5, 5.41) is 21.6. The number of hydrogen-bond donors (Lipinski definition) is 2. The van der Waals surface area contributed by atoms with Gasteiger partial charge in [0.2, 0.25) is 0 Å². The Morgan fingerprint density at radius 1 is 1.22 bits per heavy atom. The minimum absolute atomic E-state index is 0.283. The third-order valence-electron chi connectivity index (χ3n) is 2.76. The van der Waals surface area contributed by atoms with Crippen LogP contribution in [0.1, 0.15) is 16.7 Å². The van der Waals surface area contributed by atoms with Crippen molar-refractivity contribution in [3.63, 3.8) is 0 Å². The van der Waals surface area contributed by atoms with E-state index in [4.69, 9.17) is 5.26 Å². The molecule has 2 N–H and O–H groups in total. The van der Waals surface area contributed by atoms with E-state index in [0.717, 1.165) is 16.8 Å². The van der Waals surface area contributed by atoms with Crippen molar-refractivity contribution < 1.29 is 5.11 Å². The van der Waals surface area contributed by atoms with Gasteiger partial charge in [0, 0.05) is 18.3 Å². The van der Waals surface area contributed by atoms with Gasteiger partial charge in [0.25, 0.3) is 0 Å². The lowest BCUT2D eigenvalue weighted by atomic mass is 10.1. The predicted octanol–water partition coefficient (Wildman–Crippen LogP) is 3.18. The molecule has 2 aromatic rings. The number of phenols is 1. The van der Waals surface area contributed by atoms with Crippen LogP contribution in [0.5, 0.6) is 5.75 Å². The maximum absolute atomic E-state index is 9.60. The Kier molecular flexibility index (Phi) is 3.49. The number of rotatable bonds is 3. The molecule has 0 radical (unpaired) electrons. The molecule has 3 nitrogen and oxygen atoms in total. The van der Waals surface area contributed by atoms with Gasteiger partial charge in [-0.05, 0) is 36.2 Å². The number of aryl methyl sites for hydroxylation is 1. The number of nitriles is 1. The van der Waals surface area contributed by atoms with E-state index in [1.165, 1.54) is 0 Å². The zero-order valence-corrected chi connectivity index (χ0v) is 10.1. The molecule has 0 amide bonds. The monoisotopic (exact) mass is 238 g/mol. The normalized spacial score (nSPS) is 9.78. The number of nitrogens with one attached hydrogen (secondary N) is 1. The quantitative estimate of drug-likeness (QED) is 0.863. The SMILES string of the molecule is Cc1ccc(NCc2cccc(C#N)c2)cc1O. The van der Waals surface area contributed by atoms with Crippen molar-refractivity contribution in [2.24, 2.45) is 0 Å². The summed E-state index contributed by atoms with van der Waals surface area (Å²) in [6.07, 6.45) is 0. The van der Waals surface area contributed by atoms with Crippen molar-refractivity contribution in [3.05, 3.63) is 59.2 Å². The molecular formula is C15H14N2O. The molecule has 0 aliphatic heterocycles. The van der Waals surface area contributed by atoms with Crippen molar-refractivity contribution in [2.45, 2.75) is 13.5 Å². The van der Waals surface area contributed by atoms with Gasteiger partial charge >= 0.3 is 0 Å². The van der Waals surface area contributed by atoms with Crippen LogP contribution >= 0.6 is 0 Å².